The minimum absolute atomic E-state index is 0.0790. The first kappa shape index (κ1) is 16.9. The number of anilines is 1. The fraction of sp³-hybridized carbons (Fsp3) is 0.571. The number of benzene rings is 1. The smallest absolute Gasteiger partial charge is 0.240 e. The van der Waals surface area contributed by atoms with Crippen LogP contribution in [0.15, 0.2) is 23.1 Å². The van der Waals surface area contributed by atoms with E-state index in [0.717, 1.165) is 24.3 Å². The highest BCUT2D eigenvalue weighted by Gasteiger charge is 2.15. The van der Waals surface area contributed by atoms with Crippen molar-refractivity contribution in [3.8, 4) is 0 Å². The summed E-state index contributed by atoms with van der Waals surface area (Å²) in [6.45, 7) is 9.66. The van der Waals surface area contributed by atoms with Gasteiger partial charge in [-0.2, -0.15) is 0 Å². The number of nitrogens with one attached hydrogen (secondary N) is 3. The molecular weight excluding hydrogens is 274 g/mol. The van der Waals surface area contributed by atoms with Gasteiger partial charge in [0.1, 0.15) is 0 Å². The number of hydrogen-bond donors (Lipinski definition) is 3. The van der Waals surface area contributed by atoms with Gasteiger partial charge in [0.2, 0.25) is 10.0 Å². The first-order chi connectivity index (χ1) is 9.15. The Bertz CT molecular complexity index is 548. The van der Waals surface area contributed by atoms with Crippen molar-refractivity contribution < 1.29 is 8.42 Å². The van der Waals surface area contributed by atoms with Gasteiger partial charge in [0.05, 0.1) is 4.90 Å². The zero-order valence-electron chi connectivity index (χ0n) is 12.9. The molecule has 0 atom stereocenters. The molecule has 0 spiro atoms. The highest BCUT2D eigenvalue weighted by atomic mass is 32.2. The van der Waals surface area contributed by atoms with Gasteiger partial charge in [-0.15, -0.1) is 0 Å². The van der Waals surface area contributed by atoms with E-state index in [2.05, 4.69) is 36.1 Å². The maximum Gasteiger partial charge on any atom is 0.240 e. The van der Waals surface area contributed by atoms with E-state index in [-0.39, 0.29) is 5.54 Å². The van der Waals surface area contributed by atoms with Crippen LogP contribution in [0.4, 0.5) is 5.69 Å². The van der Waals surface area contributed by atoms with E-state index in [1.165, 1.54) is 7.05 Å². The first-order valence-electron chi connectivity index (χ1n) is 6.69. The SMILES string of the molecule is CNS(=O)(=O)c1cc(NCCNC(C)(C)C)ccc1C. The van der Waals surface area contributed by atoms with Crippen molar-refractivity contribution in [2.24, 2.45) is 0 Å². The molecule has 114 valence electrons. The molecule has 0 saturated heterocycles. The lowest BCUT2D eigenvalue weighted by atomic mass is 10.1. The second-order valence-corrected chi connectivity index (χ2v) is 7.65. The molecule has 0 fully saturated rings. The summed E-state index contributed by atoms with van der Waals surface area (Å²) in [5, 5.41) is 6.59. The molecule has 1 aromatic rings. The third kappa shape index (κ3) is 5.11. The second kappa shape index (κ2) is 6.56. The first-order valence-corrected chi connectivity index (χ1v) is 8.17. The van der Waals surface area contributed by atoms with Gasteiger partial charge >= 0.3 is 0 Å². The summed E-state index contributed by atoms with van der Waals surface area (Å²) in [6.07, 6.45) is 0. The van der Waals surface area contributed by atoms with Gasteiger partial charge < -0.3 is 10.6 Å². The van der Waals surface area contributed by atoms with E-state index in [9.17, 15) is 8.42 Å². The Balaban J connectivity index is 2.72. The molecule has 0 aromatic heterocycles. The number of sulfonamides is 1. The van der Waals surface area contributed by atoms with Crippen LogP contribution in [0.2, 0.25) is 0 Å². The molecule has 0 aliphatic rings. The van der Waals surface area contributed by atoms with Crippen LogP contribution in [0.3, 0.4) is 0 Å². The van der Waals surface area contributed by atoms with Gasteiger partial charge in [-0.05, 0) is 52.4 Å². The van der Waals surface area contributed by atoms with Crippen LogP contribution in [0.25, 0.3) is 0 Å². The average Bonchev–Trinajstić information content (AvgIpc) is 2.35. The van der Waals surface area contributed by atoms with E-state index in [4.69, 9.17) is 0 Å². The molecule has 1 aromatic carbocycles. The summed E-state index contributed by atoms with van der Waals surface area (Å²) >= 11 is 0. The number of hydrogen-bond acceptors (Lipinski definition) is 4. The molecule has 0 aliphatic carbocycles. The Kier molecular flexibility index (Phi) is 5.56. The van der Waals surface area contributed by atoms with Crippen LogP contribution >= 0.6 is 0 Å². The molecule has 0 bridgehead atoms. The van der Waals surface area contributed by atoms with Crippen molar-refractivity contribution in [2.75, 3.05) is 25.5 Å². The van der Waals surface area contributed by atoms with Crippen LogP contribution < -0.4 is 15.4 Å². The molecule has 1 rings (SSSR count). The Labute approximate surface area is 122 Å². The normalized spacial score (nSPS) is 12.4. The maximum absolute atomic E-state index is 11.9. The van der Waals surface area contributed by atoms with Crippen LogP contribution in [0.5, 0.6) is 0 Å². The van der Waals surface area contributed by atoms with Crippen molar-refractivity contribution >= 4 is 15.7 Å². The van der Waals surface area contributed by atoms with Gasteiger partial charge in [-0.1, -0.05) is 6.07 Å². The Morgan fingerprint density at radius 2 is 1.80 bits per heavy atom. The molecule has 20 heavy (non-hydrogen) atoms. The van der Waals surface area contributed by atoms with E-state index in [1.807, 2.05) is 12.1 Å². The van der Waals surface area contributed by atoms with Gasteiger partial charge in [-0.3, -0.25) is 0 Å². The summed E-state index contributed by atoms with van der Waals surface area (Å²) < 4.78 is 26.1. The monoisotopic (exact) mass is 299 g/mol. The van der Waals surface area contributed by atoms with Gasteiger partial charge in [0, 0.05) is 24.3 Å². The molecule has 0 saturated carbocycles. The Hall–Kier alpha value is -1.11. The van der Waals surface area contributed by atoms with Crippen molar-refractivity contribution in [1.82, 2.24) is 10.0 Å². The largest absolute Gasteiger partial charge is 0.384 e. The summed E-state index contributed by atoms with van der Waals surface area (Å²) in [4.78, 5) is 0.314. The van der Waals surface area contributed by atoms with E-state index in [1.54, 1.807) is 13.0 Å². The van der Waals surface area contributed by atoms with E-state index in [0.29, 0.717) is 4.90 Å². The topological polar surface area (TPSA) is 70.2 Å². The molecule has 0 aliphatic heterocycles. The molecule has 0 radical (unpaired) electrons. The molecule has 6 heteroatoms. The number of rotatable bonds is 6. The molecule has 0 amide bonds. The van der Waals surface area contributed by atoms with Crippen LogP contribution in [0.1, 0.15) is 26.3 Å². The lowest BCUT2D eigenvalue weighted by Crippen LogP contribution is -2.38. The molecular formula is C14H25N3O2S. The number of aryl methyl sites for hydroxylation is 1. The minimum atomic E-state index is -3.41. The third-order valence-corrected chi connectivity index (χ3v) is 4.41. The predicted molar refractivity (Wildman–Crippen MR) is 83.7 cm³/mol. The lowest BCUT2D eigenvalue weighted by Gasteiger charge is -2.20. The molecule has 5 nitrogen and oxygen atoms in total. The zero-order chi connectivity index (χ0) is 15.4. The quantitative estimate of drug-likeness (QED) is 0.699. The maximum atomic E-state index is 11.9. The van der Waals surface area contributed by atoms with E-state index >= 15 is 0 Å². The fourth-order valence-electron chi connectivity index (χ4n) is 1.75. The third-order valence-electron chi connectivity index (χ3n) is 2.86. The van der Waals surface area contributed by atoms with E-state index < -0.39 is 10.0 Å². The Morgan fingerprint density at radius 1 is 1.15 bits per heavy atom. The predicted octanol–water partition coefficient (Wildman–Crippen LogP) is 1.70. The zero-order valence-corrected chi connectivity index (χ0v) is 13.7. The van der Waals surface area contributed by atoms with Crippen molar-refractivity contribution in [2.45, 2.75) is 38.1 Å². The summed E-state index contributed by atoms with van der Waals surface area (Å²) in [5.74, 6) is 0. The average molecular weight is 299 g/mol. The second-order valence-electron chi connectivity index (χ2n) is 5.79. The highest BCUT2D eigenvalue weighted by molar-refractivity contribution is 7.89. The van der Waals surface area contributed by atoms with Crippen molar-refractivity contribution in [3.05, 3.63) is 23.8 Å². The van der Waals surface area contributed by atoms with Crippen LogP contribution in [-0.4, -0.2) is 34.1 Å². The van der Waals surface area contributed by atoms with Crippen molar-refractivity contribution in [3.63, 3.8) is 0 Å². The molecule has 0 heterocycles. The standard InChI is InChI=1S/C14H25N3O2S/c1-11-6-7-12(10-13(11)20(18,19)15-5)16-8-9-17-14(2,3)4/h6-7,10,15-17H,8-9H2,1-5H3. The van der Waals surface area contributed by atoms with Gasteiger partial charge in [0.25, 0.3) is 0 Å². The van der Waals surface area contributed by atoms with Crippen LogP contribution in [-0.2, 0) is 10.0 Å². The summed E-state index contributed by atoms with van der Waals surface area (Å²) in [5.41, 5.74) is 1.62. The van der Waals surface area contributed by atoms with Gasteiger partial charge in [-0.25, -0.2) is 13.1 Å². The fourth-order valence-corrected chi connectivity index (χ4v) is 2.75. The molecule has 3 N–H and O–H groups in total. The van der Waals surface area contributed by atoms with Crippen molar-refractivity contribution in [1.29, 1.82) is 0 Å². The van der Waals surface area contributed by atoms with Gasteiger partial charge in [0.15, 0.2) is 0 Å². The summed E-state index contributed by atoms with van der Waals surface area (Å²) in [7, 11) is -1.99. The minimum Gasteiger partial charge on any atom is -0.384 e. The highest BCUT2D eigenvalue weighted by Crippen LogP contribution is 2.19. The lowest BCUT2D eigenvalue weighted by molar-refractivity contribution is 0.435. The van der Waals surface area contributed by atoms with Crippen LogP contribution in [0, 0.1) is 6.92 Å². The Morgan fingerprint density at radius 3 is 2.35 bits per heavy atom. The molecule has 0 unspecified atom stereocenters. The summed E-state index contributed by atoms with van der Waals surface area (Å²) in [6, 6.07) is 5.36.